The van der Waals surface area contributed by atoms with Crippen molar-refractivity contribution in [1.82, 2.24) is 15.2 Å². The van der Waals surface area contributed by atoms with Crippen LogP contribution in [0.15, 0.2) is 6.20 Å². The molecule has 0 aliphatic heterocycles. The van der Waals surface area contributed by atoms with E-state index in [1.54, 1.807) is 0 Å². The van der Waals surface area contributed by atoms with Gasteiger partial charge in [0.1, 0.15) is 5.52 Å². The fourth-order valence-electron chi connectivity index (χ4n) is 1.45. The first-order valence-electron chi connectivity index (χ1n) is 4.22. The van der Waals surface area contributed by atoms with Gasteiger partial charge in [-0.2, -0.15) is 5.10 Å². The second kappa shape index (κ2) is 2.37. The lowest BCUT2D eigenvalue weighted by Gasteiger charge is -1.98. The molecule has 0 fully saturated rings. The van der Waals surface area contributed by atoms with E-state index in [1.807, 2.05) is 6.20 Å². The molecule has 0 atom stereocenters. The summed E-state index contributed by atoms with van der Waals surface area (Å²) in [5.41, 5.74) is 4.62. The molecule has 2 heterocycles. The SMILES string of the molecule is Cc1c[nH]c2c(C(C)C)[nH]nc12. The lowest BCUT2D eigenvalue weighted by Crippen LogP contribution is -1.87. The maximum atomic E-state index is 4.24. The molecule has 0 spiro atoms. The highest BCUT2D eigenvalue weighted by Crippen LogP contribution is 2.23. The van der Waals surface area contributed by atoms with E-state index in [0.717, 1.165) is 11.0 Å². The van der Waals surface area contributed by atoms with Gasteiger partial charge in [-0.05, 0) is 18.4 Å². The molecular formula is C9H13N3. The van der Waals surface area contributed by atoms with E-state index >= 15 is 0 Å². The first kappa shape index (κ1) is 7.40. The van der Waals surface area contributed by atoms with Gasteiger partial charge in [-0.25, -0.2) is 0 Å². The molecule has 2 N–H and O–H groups in total. The minimum atomic E-state index is 0.494. The molecule has 0 unspecified atom stereocenters. The Labute approximate surface area is 71.2 Å². The Hall–Kier alpha value is -1.25. The van der Waals surface area contributed by atoms with E-state index in [1.165, 1.54) is 11.3 Å². The van der Waals surface area contributed by atoms with Crippen LogP contribution in [0.5, 0.6) is 0 Å². The molecule has 0 aliphatic carbocycles. The highest BCUT2D eigenvalue weighted by Gasteiger charge is 2.10. The quantitative estimate of drug-likeness (QED) is 0.665. The van der Waals surface area contributed by atoms with Gasteiger partial charge in [0.15, 0.2) is 0 Å². The number of hydrogen-bond donors (Lipinski definition) is 2. The lowest BCUT2D eigenvalue weighted by molar-refractivity contribution is 0.814. The molecule has 0 saturated carbocycles. The average molecular weight is 163 g/mol. The monoisotopic (exact) mass is 163 g/mol. The number of rotatable bonds is 1. The number of hydrogen-bond acceptors (Lipinski definition) is 1. The molecule has 2 aromatic rings. The van der Waals surface area contributed by atoms with E-state index < -0.39 is 0 Å². The number of nitrogens with one attached hydrogen (secondary N) is 2. The topological polar surface area (TPSA) is 44.5 Å². The summed E-state index contributed by atoms with van der Waals surface area (Å²) in [6.45, 7) is 6.37. The van der Waals surface area contributed by atoms with Gasteiger partial charge in [-0.1, -0.05) is 13.8 Å². The van der Waals surface area contributed by atoms with Gasteiger partial charge in [0, 0.05) is 6.20 Å². The highest BCUT2D eigenvalue weighted by atomic mass is 15.1. The molecule has 12 heavy (non-hydrogen) atoms. The molecule has 0 amide bonds. The van der Waals surface area contributed by atoms with Crippen LogP contribution >= 0.6 is 0 Å². The molecule has 0 aliphatic rings. The van der Waals surface area contributed by atoms with Gasteiger partial charge < -0.3 is 4.98 Å². The molecule has 2 rings (SSSR count). The first-order valence-corrected chi connectivity index (χ1v) is 4.22. The fourth-order valence-corrected chi connectivity index (χ4v) is 1.45. The van der Waals surface area contributed by atoms with Gasteiger partial charge in [0.25, 0.3) is 0 Å². The third-order valence-electron chi connectivity index (χ3n) is 2.18. The van der Waals surface area contributed by atoms with Crippen molar-refractivity contribution < 1.29 is 0 Å². The maximum absolute atomic E-state index is 4.24. The summed E-state index contributed by atoms with van der Waals surface area (Å²) in [5.74, 6) is 0.494. The van der Waals surface area contributed by atoms with Crippen LogP contribution in [-0.2, 0) is 0 Å². The van der Waals surface area contributed by atoms with E-state index in [2.05, 4.69) is 36.0 Å². The summed E-state index contributed by atoms with van der Waals surface area (Å²) in [4.78, 5) is 3.22. The Morgan fingerprint density at radius 2 is 2.17 bits per heavy atom. The molecule has 3 nitrogen and oxygen atoms in total. The summed E-state index contributed by atoms with van der Waals surface area (Å²) in [6, 6.07) is 0. The maximum Gasteiger partial charge on any atom is 0.113 e. The standard InChI is InChI=1S/C9H13N3/c1-5(2)7-9-8(12-11-7)6(3)4-10-9/h4-5,10H,1-3H3,(H,11,12). The molecule has 2 aromatic heterocycles. The van der Waals surface area contributed by atoms with Crippen molar-refractivity contribution in [2.24, 2.45) is 0 Å². The third-order valence-corrected chi connectivity index (χ3v) is 2.18. The summed E-state index contributed by atoms with van der Waals surface area (Å²) < 4.78 is 0. The number of nitrogens with zero attached hydrogens (tertiary/aromatic N) is 1. The van der Waals surface area contributed by atoms with Crippen LogP contribution in [0, 0.1) is 6.92 Å². The van der Waals surface area contributed by atoms with E-state index in [0.29, 0.717) is 5.92 Å². The normalized spacial score (nSPS) is 11.7. The Morgan fingerprint density at radius 3 is 2.83 bits per heavy atom. The van der Waals surface area contributed by atoms with Crippen molar-refractivity contribution >= 4 is 11.0 Å². The molecule has 64 valence electrons. The Kier molecular flexibility index (Phi) is 1.46. The molecule has 0 bridgehead atoms. The molecular weight excluding hydrogens is 150 g/mol. The van der Waals surface area contributed by atoms with Crippen LogP contribution in [-0.4, -0.2) is 15.2 Å². The smallest absolute Gasteiger partial charge is 0.113 e. The summed E-state index contributed by atoms with van der Waals surface area (Å²) in [5, 5.41) is 7.30. The van der Waals surface area contributed by atoms with Crippen molar-refractivity contribution in [3.63, 3.8) is 0 Å². The lowest BCUT2D eigenvalue weighted by atomic mass is 10.1. The Bertz CT molecular complexity index is 395. The minimum Gasteiger partial charge on any atom is -0.358 e. The predicted octanol–water partition coefficient (Wildman–Crippen LogP) is 2.32. The van der Waals surface area contributed by atoms with Crippen molar-refractivity contribution in [3.05, 3.63) is 17.5 Å². The van der Waals surface area contributed by atoms with Gasteiger partial charge in [0.2, 0.25) is 0 Å². The van der Waals surface area contributed by atoms with E-state index in [-0.39, 0.29) is 0 Å². The summed E-state index contributed by atoms with van der Waals surface area (Å²) in [7, 11) is 0. The zero-order valence-electron chi connectivity index (χ0n) is 7.60. The Balaban J connectivity index is 2.71. The van der Waals surface area contributed by atoms with Gasteiger partial charge in [-0.3, -0.25) is 5.10 Å². The largest absolute Gasteiger partial charge is 0.358 e. The van der Waals surface area contributed by atoms with E-state index in [4.69, 9.17) is 0 Å². The van der Waals surface area contributed by atoms with Crippen molar-refractivity contribution in [3.8, 4) is 0 Å². The van der Waals surface area contributed by atoms with Crippen LogP contribution in [0.3, 0.4) is 0 Å². The highest BCUT2D eigenvalue weighted by molar-refractivity contribution is 5.81. The van der Waals surface area contributed by atoms with E-state index in [9.17, 15) is 0 Å². The molecule has 0 aromatic carbocycles. The van der Waals surface area contributed by atoms with Crippen molar-refractivity contribution in [1.29, 1.82) is 0 Å². The van der Waals surface area contributed by atoms with Gasteiger partial charge in [-0.15, -0.1) is 0 Å². The first-order chi connectivity index (χ1) is 5.70. The number of aromatic nitrogens is 3. The Morgan fingerprint density at radius 1 is 1.42 bits per heavy atom. The number of fused-ring (bicyclic) bond motifs is 1. The van der Waals surface area contributed by atoms with Crippen LogP contribution in [0.1, 0.15) is 31.0 Å². The van der Waals surface area contributed by atoms with Crippen LogP contribution in [0.2, 0.25) is 0 Å². The van der Waals surface area contributed by atoms with Crippen LogP contribution in [0.4, 0.5) is 0 Å². The number of H-pyrrole nitrogens is 2. The summed E-state index contributed by atoms with van der Waals surface area (Å²) in [6.07, 6.45) is 2.00. The number of aromatic amines is 2. The molecule has 0 saturated heterocycles. The second-order valence-electron chi connectivity index (χ2n) is 3.49. The second-order valence-corrected chi connectivity index (χ2v) is 3.49. The molecule has 0 radical (unpaired) electrons. The number of aryl methyl sites for hydroxylation is 1. The zero-order chi connectivity index (χ0) is 8.72. The van der Waals surface area contributed by atoms with Gasteiger partial charge in [0.05, 0.1) is 11.2 Å². The minimum absolute atomic E-state index is 0.494. The third kappa shape index (κ3) is 0.858. The zero-order valence-corrected chi connectivity index (χ0v) is 7.60. The van der Waals surface area contributed by atoms with Crippen LogP contribution < -0.4 is 0 Å². The van der Waals surface area contributed by atoms with Crippen LogP contribution in [0.25, 0.3) is 11.0 Å². The average Bonchev–Trinajstić information content (AvgIpc) is 2.53. The van der Waals surface area contributed by atoms with Crippen molar-refractivity contribution in [2.45, 2.75) is 26.7 Å². The summed E-state index contributed by atoms with van der Waals surface area (Å²) >= 11 is 0. The fraction of sp³-hybridized carbons (Fsp3) is 0.444. The van der Waals surface area contributed by atoms with Gasteiger partial charge >= 0.3 is 0 Å². The molecule has 3 heteroatoms. The van der Waals surface area contributed by atoms with Crippen molar-refractivity contribution in [2.75, 3.05) is 0 Å². The predicted molar refractivity (Wildman–Crippen MR) is 49.3 cm³/mol.